The van der Waals surface area contributed by atoms with Gasteiger partial charge in [-0.05, 0) is 18.8 Å². The Hall–Kier alpha value is -0.700. The number of allylic oxidation sites excluding steroid dienone is 2. The zero-order valence-corrected chi connectivity index (χ0v) is 4.93. The molecule has 0 aromatic rings. The SMILES string of the molecule is C#CCC1C=CCC1. The highest BCUT2D eigenvalue weighted by Gasteiger charge is 2.05. The predicted octanol–water partition coefficient (Wildman–Crippen LogP) is 1.98. The van der Waals surface area contributed by atoms with Gasteiger partial charge >= 0.3 is 0 Å². The van der Waals surface area contributed by atoms with Crippen molar-refractivity contribution in [2.24, 2.45) is 5.92 Å². The molecular formula is C8H10. The molecular weight excluding hydrogens is 96.1 g/mol. The molecule has 1 rings (SSSR count). The van der Waals surface area contributed by atoms with Crippen molar-refractivity contribution in [3.63, 3.8) is 0 Å². The second-order valence-corrected chi connectivity index (χ2v) is 2.17. The molecule has 0 nitrogen and oxygen atoms in total. The molecule has 0 aromatic carbocycles. The van der Waals surface area contributed by atoms with E-state index in [1.165, 1.54) is 12.8 Å². The van der Waals surface area contributed by atoms with Gasteiger partial charge in [0.05, 0.1) is 0 Å². The molecule has 1 unspecified atom stereocenters. The lowest BCUT2D eigenvalue weighted by Gasteiger charge is -1.97. The van der Waals surface area contributed by atoms with Crippen molar-refractivity contribution in [2.45, 2.75) is 19.3 Å². The third-order valence-electron chi connectivity index (χ3n) is 1.49. The molecule has 0 fully saturated rings. The summed E-state index contributed by atoms with van der Waals surface area (Å²) in [6, 6.07) is 0. The summed E-state index contributed by atoms with van der Waals surface area (Å²) in [6.45, 7) is 0. The third kappa shape index (κ3) is 1.13. The molecule has 0 bridgehead atoms. The molecule has 0 amide bonds. The first-order valence-corrected chi connectivity index (χ1v) is 3.03. The average molecular weight is 106 g/mol. The topological polar surface area (TPSA) is 0 Å². The minimum Gasteiger partial charge on any atom is -0.120 e. The van der Waals surface area contributed by atoms with Crippen molar-refractivity contribution in [1.29, 1.82) is 0 Å². The van der Waals surface area contributed by atoms with Gasteiger partial charge in [0, 0.05) is 6.42 Å². The van der Waals surface area contributed by atoms with Gasteiger partial charge in [-0.3, -0.25) is 0 Å². The van der Waals surface area contributed by atoms with E-state index < -0.39 is 0 Å². The van der Waals surface area contributed by atoms with Gasteiger partial charge in [0.1, 0.15) is 0 Å². The van der Waals surface area contributed by atoms with Crippen LogP contribution in [0.25, 0.3) is 0 Å². The molecule has 8 heavy (non-hydrogen) atoms. The fourth-order valence-corrected chi connectivity index (χ4v) is 1.02. The Bertz CT molecular complexity index is 125. The molecule has 42 valence electrons. The van der Waals surface area contributed by atoms with Crippen molar-refractivity contribution < 1.29 is 0 Å². The van der Waals surface area contributed by atoms with Crippen molar-refractivity contribution in [1.82, 2.24) is 0 Å². The van der Waals surface area contributed by atoms with Crippen LogP contribution < -0.4 is 0 Å². The first-order valence-electron chi connectivity index (χ1n) is 3.03. The minimum atomic E-state index is 0.694. The Balaban J connectivity index is 2.28. The second kappa shape index (κ2) is 2.57. The fourth-order valence-electron chi connectivity index (χ4n) is 1.02. The average Bonchev–Trinajstić information content (AvgIpc) is 2.19. The summed E-state index contributed by atoms with van der Waals surface area (Å²) >= 11 is 0. The van der Waals surface area contributed by atoms with Crippen molar-refractivity contribution in [3.8, 4) is 12.3 Å². The van der Waals surface area contributed by atoms with Gasteiger partial charge in [-0.25, -0.2) is 0 Å². The van der Waals surface area contributed by atoms with Gasteiger partial charge in [-0.1, -0.05) is 12.2 Å². The quantitative estimate of drug-likeness (QED) is 0.354. The van der Waals surface area contributed by atoms with E-state index in [0.29, 0.717) is 5.92 Å². The highest BCUT2D eigenvalue weighted by molar-refractivity contribution is 5.01. The fraction of sp³-hybridized carbons (Fsp3) is 0.500. The molecule has 0 heterocycles. The van der Waals surface area contributed by atoms with Gasteiger partial charge < -0.3 is 0 Å². The van der Waals surface area contributed by atoms with E-state index >= 15 is 0 Å². The van der Waals surface area contributed by atoms with Crippen LogP contribution in [-0.2, 0) is 0 Å². The lowest BCUT2D eigenvalue weighted by Crippen LogP contribution is -1.86. The van der Waals surface area contributed by atoms with E-state index in [0.717, 1.165) is 6.42 Å². The standard InChI is InChI=1S/C8H10/c1-2-5-8-6-3-4-7-8/h1,3,6,8H,4-5,7H2. The Kier molecular flexibility index (Phi) is 1.75. The summed E-state index contributed by atoms with van der Waals surface area (Å²) in [6.07, 6.45) is 13.0. The molecule has 0 spiro atoms. The van der Waals surface area contributed by atoms with Crippen LogP contribution >= 0.6 is 0 Å². The molecule has 0 saturated heterocycles. The zero-order chi connectivity index (χ0) is 5.82. The van der Waals surface area contributed by atoms with E-state index in [2.05, 4.69) is 18.1 Å². The second-order valence-electron chi connectivity index (χ2n) is 2.17. The molecule has 1 atom stereocenters. The van der Waals surface area contributed by atoms with E-state index in [1.807, 2.05) is 0 Å². The van der Waals surface area contributed by atoms with Gasteiger partial charge in [0.2, 0.25) is 0 Å². The van der Waals surface area contributed by atoms with E-state index in [4.69, 9.17) is 6.42 Å². The van der Waals surface area contributed by atoms with Gasteiger partial charge in [0.25, 0.3) is 0 Å². The van der Waals surface area contributed by atoms with Crippen molar-refractivity contribution in [2.75, 3.05) is 0 Å². The highest BCUT2D eigenvalue weighted by atomic mass is 14.1. The molecule has 0 aromatic heterocycles. The zero-order valence-electron chi connectivity index (χ0n) is 4.93. The van der Waals surface area contributed by atoms with Crippen molar-refractivity contribution >= 4 is 0 Å². The first kappa shape index (κ1) is 5.44. The van der Waals surface area contributed by atoms with Crippen LogP contribution in [0.15, 0.2) is 12.2 Å². The number of rotatable bonds is 1. The maximum absolute atomic E-state index is 5.12. The van der Waals surface area contributed by atoms with Gasteiger partial charge in [-0.2, -0.15) is 0 Å². The van der Waals surface area contributed by atoms with Gasteiger partial charge in [-0.15, -0.1) is 12.3 Å². The molecule has 0 N–H and O–H groups in total. The van der Waals surface area contributed by atoms with Gasteiger partial charge in [0.15, 0.2) is 0 Å². The summed E-state index contributed by atoms with van der Waals surface area (Å²) in [7, 11) is 0. The number of hydrogen-bond acceptors (Lipinski definition) is 0. The first-order chi connectivity index (χ1) is 3.93. The molecule has 0 radical (unpaired) electrons. The Morgan fingerprint density at radius 2 is 2.62 bits per heavy atom. The Labute approximate surface area is 50.6 Å². The predicted molar refractivity (Wildman–Crippen MR) is 35.3 cm³/mol. The van der Waals surface area contributed by atoms with E-state index in [-0.39, 0.29) is 0 Å². The normalized spacial score (nSPS) is 25.6. The van der Waals surface area contributed by atoms with E-state index in [9.17, 15) is 0 Å². The van der Waals surface area contributed by atoms with Crippen LogP contribution in [0.5, 0.6) is 0 Å². The molecule has 1 aliphatic rings. The third-order valence-corrected chi connectivity index (χ3v) is 1.49. The minimum absolute atomic E-state index is 0.694. The lowest BCUT2D eigenvalue weighted by molar-refractivity contribution is 0.654. The smallest absolute Gasteiger partial charge is 0.0149 e. The maximum atomic E-state index is 5.12. The molecule has 0 heteroatoms. The van der Waals surface area contributed by atoms with Crippen LogP contribution in [0.3, 0.4) is 0 Å². The highest BCUT2D eigenvalue weighted by Crippen LogP contribution is 2.18. The summed E-state index contributed by atoms with van der Waals surface area (Å²) in [5.74, 6) is 3.35. The summed E-state index contributed by atoms with van der Waals surface area (Å²) in [5.41, 5.74) is 0. The summed E-state index contributed by atoms with van der Waals surface area (Å²) in [4.78, 5) is 0. The van der Waals surface area contributed by atoms with Crippen LogP contribution in [-0.4, -0.2) is 0 Å². The van der Waals surface area contributed by atoms with Crippen LogP contribution in [0, 0.1) is 18.3 Å². The number of terminal acetylenes is 1. The van der Waals surface area contributed by atoms with Crippen LogP contribution in [0.1, 0.15) is 19.3 Å². The lowest BCUT2D eigenvalue weighted by atomic mass is 10.1. The summed E-state index contributed by atoms with van der Waals surface area (Å²) in [5, 5.41) is 0. The molecule has 0 saturated carbocycles. The Morgan fingerprint density at radius 3 is 3.12 bits per heavy atom. The van der Waals surface area contributed by atoms with E-state index in [1.54, 1.807) is 0 Å². The van der Waals surface area contributed by atoms with Crippen LogP contribution in [0.2, 0.25) is 0 Å². The maximum Gasteiger partial charge on any atom is 0.0149 e. The van der Waals surface area contributed by atoms with Crippen LogP contribution in [0.4, 0.5) is 0 Å². The van der Waals surface area contributed by atoms with Crippen molar-refractivity contribution in [3.05, 3.63) is 12.2 Å². The number of hydrogen-bond donors (Lipinski definition) is 0. The summed E-state index contributed by atoms with van der Waals surface area (Å²) < 4.78 is 0. The monoisotopic (exact) mass is 106 g/mol. The molecule has 0 aliphatic heterocycles. The largest absolute Gasteiger partial charge is 0.120 e. The Morgan fingerprint density at radius 1 is 1.75 bits per heavy atom. The molecule has 1 aliphatic carbocycles.